The Morgan fingerprint density at radius 1 is 1.44 bits per heavy atom. The van der Waals surface area contributed by atoms with Gasteiger partial charge in [-0.1, -0.05) is 6.42 Å². The lowest BCUT2D eigenvalue weighted by Crippen LogP contribution is -2.47. The number of carbonyl (C=O) groups excluding carboxylic acids is 1. The molecule has 1 amide bonds. The van der Waals surface area contributed by atoms with Crippen LogP contribution in [0.1, 0.15) is 36.5 Å². The van der Waals surface area contributed by atoms with Crippen LogP contribution in [0.15, 0.2) is 18.7 Å². The molecule has 2 atom stereocenters. The van der Waals surface area contributed by atoms with Gasteiger partial charge in [0.05, 0.1) is 11.0 Å². The van der Waals surface area contributed by atoms with Gasteiger partial charge in [0.15, 0.2) is 0 Å². The molecule has 1 aliphatic rings. The van der Waals surface area contributed by atoms with E-state index in [4.69, 9.17) is 0 Å². The van der Waals surface area contributed by atoms with Crippen molar-refractivity contribution in [3.05, 3.63) is 24.3 Å². The van der Waals surface area contributed by atoms with E-state index in [9.17, 15) is 14.7 Å². The third kappa shape index (κ3) is 2.18. The Morgan fingerprint density at radius 2 is 2.11 bits per heavy atom. The molecule has 1 aromatic rings. The first kappa shape index (κ1) is 12.5. The maximum atomic E-state index is 11.9. The van der Waals surface area contributed by atoms with Crippen LogP contribution < -0.4 is 5.32 Å². The predicted octanol–water partition coefficient (Wildman–Crippen LogP) is 0.850. The minimum Gasteiger partial charge on any atom is -0.481 e. The number of hydrogen-bond acceptors (Lipinski definition) is 4. The van der Waals surface area contributed by atoms with Crippen LogP contribution in [0.4, 0.5) is 0 Å². The van der Waals surface area contributed by atoms with Crippen LogP contribution in [-0.4, -0.2) is 33.0 Å². The van der Waals surface area contributed by atoms with Crippen molar-refractivity contribution >= 4 is 11.9 Å². The average molecular weight is 249 g/mol. The SMILES string of the molecule is CC1(C(=O)O)CCCC1NC(=O)c1cncnc1. The van der Waals surface area contributed by atoms with Crippen LogP contribution in [0.25, 0.3) is 0 Å². The second-order valence-electron chi connectivity index (χ2n) is 4.77. The van der Waals surface area contributed by atoms with Crippen LogP contribution in [0.3, 0.4) is 0 Å². The lowest BCUT2D eigenvalue weighted by atomic mass is 9.85. The molecule has 2 N–H and O–H groups in total. The highest BCUT2D eigenvalue weighted by atomic mass is 16.4. The molecule has 2 unspecified atom stereocenters. The van der Waals surface area contributed by atoms with E-state index in [1.54, 1.807) is 6.92 Å². The summed E-state index contributed by atoms with van der Waals surface area (Å²) < 4.78 is 0. The first-order chi connectivity index (χ1) is 8.54. The molecule has 0 aliphatic heterocycles. The molecule has 6 nitrogen and oxygen atoms in total. The molecule has 0 aromatic carbocycles. The van der Waals surface area contributed by atoms with E-state index in [0.717, 1.165) is 6.42 Å². The summed E-state index contributed by atoms with van der Waals surface area (Å²) in [5.41, 5.74) is -0.539. The molecule has 0 saturated heterocycles. The van der Waals surface area contributed by atoms with Crippen LogP contribution in [0.5, 0.6) is 0 Å². The standard InChI is InChI=1S/C12H15N3O3/c1-12(11(17)18)4-2-3-9(12)15-10(16)8-5-13-7-14-6-8/h5-7,9H,2-4H2,1H3,(H,15,16)(H,17,18). The maximum absolute atomic E-state index is 11.9. The largest absolute Gasteiger partial charge is 0.481 e. The van der Waals surface area contributed by atoms with E-state index in [1.807, 2.05) is 0 Å². The zero-order valence-electron chi connectivity index (χ0n) is 10.1. The van der Waals surface area contributed by atoms with Crippen molar-refractivity contribution in [3.8, 4) is 0 Å². The summed E-state index contributed by atoms with van der Waals surface area (Å²) in [7, 11) is 0. The summed E-state index contributed by atoms with van der Waals surface area (Å²) in [5.74, 6) is -1.19. The molecule has 0 radical (unpaired) electrons. The first-order valence-corrected chi connectivity index (χ1v) is 5.83. The van der Waals surface area contributed by atoms with Gasteiger partial charge in [-0.25, -0.2) is 9.97 Å². The van der Waals surface area contributed by atoms with Crippen molar-refractivity contribution in [3.63, 3.8) is 0 Å². The van der Waals surface area contributed by atoms with Crippen molar-refractivity contribution in [2.75, 3.05) is 0 Å². The fraction of sp³-hybridized carbons (Fsp3) is 0.500. The van der Waals surface area contributed by atoms with E-state index in [0.29, 0.717) is 18.4 Å². The van der Waals surface area contributed by atoms with Gasteiger partial charge in [-0.3, -0.25) is 9.59 Å². The topological polar surface area (TPSA) is 92.2 Å². The van der Waals surface area contributed by atoms with E-state index < -0.39 is 11.4 Å². The molecule has 96 valence electrons. The molecule has 1 aromatic heterocycles. The van der Waals surface area contributed by atoms with E-state index >= 15 is 0 Å². The Bertz CT molecular complexity index is 463. The zero-order chi connectivity index (χ0) is 13.2. The van der Waals surface area contributed by atoms with Crippen LogP contribution in [0.2, 0.25) is 0 Å². The number of hydrogen-bond donors (Lipinski definition) is 2. The summed E-state index contributed by atoms with van der Waals surface area (Å²) in [6.45, 7) is 1.68. The number of nitrogens with zero attached hydrogens (tertiary/aromatic N) is 2. The van der Waals surface area contributed by atoms with Gasteiger partial charge in [-0.2, -0.15) is 0 Å². The average Bonchev–Trinajstić information content (AvgIpc) is 2.73. The Kier molecular flexibility index (Phi) is 3.27. The molecular weight excluding hydrogens is 234 g/mol. The molecule has 0 bridgehead atoms. The molecule has 1 fully saturated rings. The Balaban J connectivity index is 2.10. The summed E-state index contributed by atoms with van der Waals surface area (Å²) in [5, 5.41) is 12.0. The van der Waals surface area contributed by atoms with Crippen molar-refractivity contribution in [2.24, 2.45) is 5.41 Å². The van der Waals surface area contributed by atoms with E-state index in [-0.39, 0.29) is 11.9 Å². The normalized spacial score (nSPS) is 26.8. The minimum absolute atomic E-state index is 0.324. The van der Waals surface area contributed by atoms with Gasteiger partial charge in [0.1, 0.15) is 6.33 Å². The number of aliphatic carboxylic acids is 1. The van der Waals surface area contributed by atoms with Gasteiger partial charge in [0, 0.05) is 18.4 Å². The second-order valence-corrected chi connectivity index (χ2v) is 4.77. The maximum Gasteiger partial charge on any atom is 0.311 e. The molecule has 6 heteroatoms. The second kappa shape index (κ2) is 4.72. The Morgan fingerprint density at radius 3 is 2.72 bits per heavy atom. The highest BCUT2D eigenvalue weighted by Gasteiger charge is 2.45. The molecular formula is C12H15N3O3. The highest BCUT2D eigenvalue weighted by Crippen LogP contribution is 2.38. The monoisotopic (exact) mass is 249 g/mol. The number of carbonyl (C=O) groups is 2. The van der Waals surface area contributed by atoms with E-state index in [2.05, 4.69) is 15.3 Å². The van der Waals surface area contributed by atoms with Gasteiger partial charge in [0.2, 0.25) is 0 Å². The predicted molar refractivity (Wildman–Crippen MR) is 62.9 cm³/mol. The van der Waals surface area contributed by atoms with Gasteiger partial charge in [0.25, 0.3) is 5.91 Å². The Hall–Kier alpha value is -1.98. The molecule has 1 aliphatic carbocycles. The number of aromatic nitrogens is 2. The lowest BCUT2D eigenvalue weighted by molar-refractivity contribution is -0.148. The number of amides is 1. The number of carboxylic acid groups (broad SMARTS) is 1. The minimum atomic E-state index is -0.884. The third-order valence-corrected chi connectivity index (χ3v) is 3.57. The highest BCUT2D eigenvalue weighted by molar-refractivity contribution is 5.94. The molecule has 0 spiro atoms. The van der Waals surface area contributed by atoms with Gasteiger partial charge < -0.3 is 10.4 Å². The summed E-state index contributed by atoms with van der Waals surface area (Å²) in [6.07, 6.45) is 6.23. The molecule has 1 heterocycles. The number of rotatable bonds is 3. The fourth-order valence-electron chi connectivity index (χ4n) is 2.31. The lowest BCUT2D eigenvalue weighted by Gasteiger charge is -2.27. The quantitative estimate of drug-likeness (QED) is 0.828. The number of carboxylic acids is 1. The summed E-state index contributed by atoms with van der Waals surface area (Å²) in [4.78, 5) is 30.7. The van der Waals surface area contributed by atoms with Crippen LogP contribution >= 0.6 is 0 Å². The van der Waals surface area contributed by atoms with Crippen LogP contribution in [-0.2, 0) is 4.79 Å². The van der Waals surface area contributed by atoms with Crippen molar-refractivity contribution in [2.45, 2.75) is 32.2 Å². The third-order valence-electron chi connectivity index (χ3n) is 3.57. The summed E-state index contributed by atoms with van der Waals surface area (Å²) in [6, 6.07) is -0.345. The van der Waals surface area contributed by atoms with Gasteiger partial charge in [-0.05, 0) is 19.8 Å². The Labute approximate surface area is 104 Å². The smallest absolute Gasteiger partial charge is 0.311 e. The van der Waals surface area contributed by atoms with Crippen molar-refractivity contribution in [1.82, 2.24) is 15.3 Å². The van der Waals surface area contributed by atoms with Crippen LogP contribution in [0, 0.1) is 5.41 Å². The van der Waals surface area contributed by atoms with Gasteiger partial charge >= 0.3 is 5.97 Å². The van der Waals surface area contributed by atoms with E-state index in [1.165, 1.54) is 18.7 Å². The zero-order valence-corrected chi connectivity index (χ0v) is 10.1. The van der Waals surface area contributed by atoms with Crippen molar-refractivity contribution in [1.29, 1.82) is 0 Å². The molecule has 1 saturated carbocycles. The fourth-order valence-corrected chi connectivity index (χ4v) is 2.31. The first-order valence-electron chi connectivity index (χ1n) is 5.83. The van der Waals surface area contributed by atoms with Gasteiger partial charge in [-0.15, -0.1) is 0 Å². The summed E-state index contributed by atoms with van der Waals surface area (Å²) >= 11 is 0. The molecule has 2 rings (SSSR count). The molecule has 18 heavy (non-hydrogen) atoms. The van der Waals surface area contributed by atoms with Crippen molar-refractivity contribution < 1.29 is 14.7 Å². The number of nitrogens with one attached hydrogen (secondary N) is 1.